The minimum atomic E-state index is -0.557. The number of ether oxygens (including phenoxy) is 1. The van der Waals surface area contributed by atoms with Gasteiger partial charge in [-0.2, -0.15) is 5.10 Å². The Bertz CT molecular complexity index is 1500. The van der Waals surface area contributed by atoms with Gasteiger partial charge in [-0.1, -0.05) is 0 Å². The SMILES string of the molecule is COc1ccc(F)cc1-c1[nH]nc2ncc(-c3cc(F)c(NC4CCC(O)CC4)c(C(=O)N(C)C)c3)cc12. The van der Waals surface area contributed by atoms with Crippen molar-refractivity contribution in [2.45, 2.75) is 37.8 Å². The standard InChI is InChI=1S/C28H29F2N5O3/c1-35(2)28(37)22-10-15(12-23(30)26(22)32-18-5-7-19(36)8-6-18)16-11-21-25(33-34-27(21)31-14-16)20-13-17(29)4-9-24(20)38-3/h4,9-14,18-19,32,36H,5-8H2,1-3H3,(H,31,33,34). The summed E-state index contributed by atoms with van der Waals surface area (Å²) in [7, 11) is 4.73. The van der Waals surface area contributed by atoms with E-state index in [-0.39, 0.29) is 29.3 Å². The molecule has 0 atom stereocenters. The second-order valence-electron chi connectivity index (χ2n) is 9.77. The van der Waals surface area contributed by atoms with Gasteiger partial charge >= 0.3 is 0 Å². The molecule has 1 fully saturated rings. The summed E-state index contributed by atoms with van der Waals surface area (Å²) in [5, 5.41) is 20.8. The number of hydrogen-bond donors (Lipinski definition) is 3. The van der Waals surface area contributed by atoms with E-state index in [2.05, 4.69) is 20.5 Å². The number of anilines is 1. The molecule has 1 aliphatic rings. The van der Waals surface area contributed by atoms with Crippen molar-refractivity contribution in [2.24, 2.45) is 0 Å². The predicted octanol–water partition coefficient (Wildman–Crippen LogP) is 5.00. The molecular formula is C28H29F2N5O3. The van der Waals surface area contributed by atoms with Crippen LogP contribution < -0.4 is 10.1 Å². The van der Waals surface area contributed by atoms with Gasteiger partial charge in [0.2, 0.25) is 0 Å². The third-order valence-corrected chi connectivity index (χ3v) is 6.95. The predicted molar refractivity (Wildman–Crippen MR) is 141 cm³/mol. The fourth-order valence-corrected chi connectivity index (χ4v) is 4.89. The van der Waals surface area contributed by atoms with Gasteiger partial charge in [-0.25, -0.2) is 13.8 Å². The molecule has 1 aliphatic carbocycles. The highest BCUT2D eigenvalue weighted by molar-refractivity contribution is 6.01. The number of aromatic nitrogens is 3. The average Bonchev–Trinajstić information content (AvgIpc) is 3.33. The van der Waals surface area contributed by atoms with Gasteiger partial charge in [0.15, 0.2) is 5.65 Å². The number of nitrogens with zero attached hydrogens (tertiary/aromatic N) is 3. The number of rotatable bonds is 6. The topological polar surface area (TPSA) is 103 Å². The molecule has 0 saturated heterocycles. The van der Waals surface area contributed by atoms with Crippen LogP contribution in [0, 0.1) is 11.6 Å². The second-order valence-corrected chi connectivity index (χ2v) is 9.77. The summed E-state index contributed by atoms with van der Waals surface area (Å²) in [5.74, 6) is -0.875. The van der Waals surface area contributed by atoms with E-state index in [1.54, 1.807) is 32.4 Å². The Kier molecular flexibility index (Phi) is 6.98. The van der Waals surface area contributed by atoms with Crippen LogP contribution in [-0.4, -0.2) is 64.4 Å². The first-order valence-corrected chi connectivity index (χ1v) is 12.4. The molecule has 198 valence electrons. The maximum absolute atomic E-state index is 15.6. The monoisotopic (exact) mass is 521 g/mol. The number of nitrogens with one attached hydrogen (secondary N) is 2. The molecule has 0 radical (unpaired) electrons. The van der Waals surface area contributed by atoms with Crippen molar-refractivity contribution in [3.05, 3.63) is 59.8 Å². The van der Waals surface area contributed by atoms with Crippen LogP contribution in [0.2, 0.25) is 0 Å². The lowest BCUT2D eigenvalue weighted by atomic mass is 9.92. The number of aromatic amines is 1. The molecule has 0 bridgehead atoms. The van der Waals surface area contributed by atoms with Crippen molar-refractivity contribution in [1.82, 2.24) is 20.1 Å². The van der Waals surface area contributed by atoms with Crippen LogP contribution >= 0.6 is 0 Å². The van der Waals surface area contributed by atoms with Gasteiger partial charge in [-0.15, -0.1) is 0 Å². The van der Waals surface area contributed by atoms with Crippen LogP contribution in [0.3, 0.4) is 0 Å². The smallest absolute Gasteiger partial charge is 0.255 e. The number of hydrogen-bond acceptors (Lipinski definition) is 6. The summed E-state index contributed by atoms with van der Waals surface area (Å²) in [6.07, 6.45) is 3.85. The van der Waals surface area contributed by atoms with E-state index >= 15 is 4.39 Å². The van der Waals surface area contributed by atoms with Crippen LogP contribution in [0.1, 0.15) is 36.0 Å². The second kappa shape index (κ2) is 10.4. The number of carbonyl (C=O) groups excluding carboxylic acids is 1. The van der Waals surface area contributed by atoms with E-state index in [1.165, 1.54) is 36.3 Å². The Hall–Kier alpha value is -4.05. The molecule has 5 rings (SSSR count). The molecule has 0 spiro atoms. The number of fused-ring (bicyclic) bond motifs is 1. The van der Waals surface area contributed by atoms with Crippen molar-refractivity contribution >= 4 is 22.6 Å². The third-order valence-electron chi connectivity index (χ3n) is 6.95. The maximum atomic E-state index is 15.6. The summed E-state index contributed by atoms with van der Waals surface area (Å²) < 4.78 is 35.1. The zero-order valence-corrected chi connectivity index (χ0v) is 21.4. The van der Waals surface area contributed by atoms with Gasteiger partial charge in [0.05, 0.1) is 30.2 Å². The lowest BCUT2D eigenvalue weighted by Crippen LogP contribution is -2.30. The van der Waals surface area contributed by atoms with E-state index in [0.717, 1.165) is 0 Å². The summed E-state index contributed by atoms with van der Waals surface area (Å²) in [6.45, 7) is 0. The van der Waals surface area contributed by atoms with Crippen molar-refractivity contribution < 1.29 is 23.4 Å². The summed E-state index contributed by atoms with van der Waals surface area (Å²) in [6, 6.07) is 8.94. The molecule has 1 saturated carbocycles. The normalized spacial score (nSPS) is 17.4. The minimum Gasteiger partial charge on any atom is -0.496 e. The highest BCUT2D eigenvalue weighted by Gasteiger charge is 2.25. The fourth-order valence-electron chi connectivity index (χ4n) is 4.89. The van der Waals surface area contributed by atoms with Crippen molar-refractivity contribution in [3.8, 4) is 28.1 Å². The van der Waals surface area contributed by atoms with E-state index in [9.17, 15) is 14.3 Å². The van der Waals surface area contributed by atoms with Crippen molar-refractivity contribution in [1.29, 1.82) is 0 Å². The van der Waals surface area contributed by atoms with Crippen LogP contribution in [0.5, 0.6) is 5.75 Å². The first-order chi connectivity index (χ1) is 18.2. The van der Waals surface area contributed by atoms with E-state index in [4.69, 9.17) is 4.74 Å². The lowest BCUT2D eigenvalue weighted by Gasteiger charge is -2.28. The van der Waals surface area contributed by atoms with Crippen LogP contribution in [0.25, 0.3) is 33.4 Å². The van der Waals surface area contributed by atoms with Gasteiger partial charge in [0.25, 0.3) is 5.91 Å². The Balaban J connectivity index is 1.58. The van der Waals surface area contributed by atoms with Gasteiger partial charge < -0.3 is 20.1 Å². The maximum Gasteiger partial charge on any atom is 0.255 e. The van der Waals surface area contributed by atoms with Gasteiger partial charge in [-0.05, 0) is 67.6 Å². The number of H-pyrrole nitrogens is 1. The van der Waals surface area contributed by atoms with Crippen molar-refractivity contribution in [2.75, 3.05) is 26.5 Å². The molecule has 2 aromatic carbocycles. The highest BCUT2D eigenvalue weighted by Crippen LogP contribution is 2.36. The molecule has 0 unspecified atom stereocenters. The van der Waals surface area contributed by atoms with E-state index < -0.39 is 11.6 Å². The fraction of sp³-hybridized carbons (Fsp3) is 0.321. The number of benzene rings is 2. The molecule has 2 aromatic heterocycles. The van der Waals surface area contributed by atoms with Crippen molar-refractivity contribution in [3.63, 3.8) is 0 Å². The number of aliphatic hydroxyl groups is 1. The number of pyridine rings is 1. The summed E-state index contributed by atoms with van der Waals surface area (Å²) >= 11 is 0. The zero-order chi connectivity index (χ0) is 27.0. The molecular weight excluding hydrogens is 492 g/mol. The molecule has 10 heteroatoms. The molecule has 1 amide bonds. The zero-order valence-electron chi connectivity index (χ0n) is 21.4. The van der Waals surface area contributed by atoms with E-state index in [0.29, 0.717) is 64.9 Å². The van der Waals surface area contributed by atoms with Gasteiger partial charge in [0.1, 0.15) is 17.4 Å². The minimum absolute atomic E-state index is 0.0415. The van der Waals surface area contributed by atoms with Crippen LogP contribution in [-0.2, 0) is 0 Å². The summed E-state index contributed by atoms with van der Waals surface area (Å²) in [5.41, 5.74) is 2.76. The number of amides is 1. The quantitative estimate of drug-likeness (QED) is 0.330. The Morgan fingerprint density at radius 1 is 1.11 bits per heavy atom. The molecule has 8 nitrogen and oxygen atoms in total. The number of aliphatic hydroxyl groups excluding tert-OH is 1. The Labute approximate surface area is 218 Å². The van der Waals surface area contributed by atoms with Crippen LogP contribution in [0.4, 0.5) is 14.5 Å². The largest absolute Gasteiger partial charge is 0.496 e. The molecule has 2 heterocycles. The number of carbonyl (C=O) groups is 1. The Morgan fingerprint density at radius 2 is 1.87 bits per heavy atom. The lowest BCUT2D eigenvalue weighted by molar-refractivity contribution is 0.0827. The number of halogens is 2. The van der Waals surface area contributed by atoms with E-state index in [1.807, 2.05) is 0 Å². The molecule has 0 aliphatic heterocycles. The molecule has 38 heavy (non-hydrogen) atoms. The van der Waals surface area contributed by atoms with Gasteiger partial charge in [0, 0.05) is 42.8 Å². The Morgan fingerprint density at radius 3 is 2.58 bits per heavy atom. The molecule has 4 aromatic rings. The third kappa shape index (κ3) is 4.91. The van der Waals surface area contributed by atoms with Crippen LogP contribution in [0.15, 0.2) is 42.6 Å². The number of methoxy groups -OCH3 is 1. The molecule has 3 N–H and O–H groups in total. The highest BCUT2D eigenvalue weighted by atomic mass is 19.1. The van der Waals surface area contributed by atoms with Gasteiger partial charge in [-0.3, -0.25) is 9.89 Å². The first kappa shape index (κ1) is 25.6. The summed E-state index contributed by atoms with van der Waals surface area (Å²) in [4.78, 5) is 18.9. The first-order valence-electron chi connectivity index (χ1n) is 12.4. The average molecular weight is 522 g/mol.